The third kappa shape index (κ3) is 3.02. The molecular weight excluding hydrogens is 266 g/mol. The van der Waals surface area contributed by atoms with E-state index in [1.165, 1.54) is 5.56 Å². The molecule has 0 saturated heterocycles. The van der Waals surface area contributed by atoms with E-state index in [-0.39, 0.29) is 5.95 Å². The summed E-state index contributed by atoms with van der Waals surface area (Å²) in [6.07, 6.45) is 6.76. The maximum Gasteiger partial charge on any atom is 0.255 e. The van der Waals surface area contributed by atoms with Crippen LogP contribution in [-0.2, 0) is 12.8 Å². The lowest BCUT2D eigenvalue weighted by Crippen LogP contribution is -2.10. The number of nitrogen functional groups attached to an aromatic ring is 1. The van der Waals surface area contributed by atoms with Gasteiger partial charge < -0.3 is 5.73 Å². The van der Waals surface area contributed by atoms with Crippen molar-refractivity contribution in [2.24, 2.45) is 0 Å². The minimum atomic E-state index is 0.177. The monoisotopic (exact) mass is 281 g/mol. The number of anilines is 1. The molecule has 3 rings (SSSR count). The van der Waals surface area contributed by atoms with Crippen molar-refractivity contribution in [3.63, 3.8) is 0 Å². The Morgan fingerprint density at radius 3 is 2.76 bits per heavy atom. The van der Waals surface area contributed by atoms with Gasteiger partial charge in [-0.1, -0.05) is 13.0 Å². The van der Waals surface area contributed by atoms with E-state index in [0.29, 0.717) is 18.2 Å². The van der Waals surface area contributed by atoms with Crippen LogP contribution >= 0.6 is 0 Å². The normalized spacial score (nSPS) is 10.7. The van der Waals surface area contributed by atoms with Crippen molar-refractivity contribution in [2.75, 3.05) is 5.73 Å². The van der Waals surface area contributed by atoms with Gasteiger partial charge in [-0.3, -0.25) is 4.98 Å². The van der Waals surface area contributed by atoms with E-state index in [4.69, 9.17) is 5.73 Å². The molecule has 0 aromatic carbocycles. The maximum absolute atomic E-state index is 5.74. The van der Waals surface area contributed by atoms with E-state index < -0.39 is 0 Å². The molecule has 0 spiro atoms. The van der Waals surface area contributed by atoms with Gasteiger partial charge in [-0.25, -0.2) is 4.68 Å². The molecule has 0 unspecified atom stereocenters. The molecule has 7 nitrogen and oxygen atoms in total. The third-order valence-electron chi connectivity index (χ3n) is 3.03. The molecular formula is C14H15N7. The molecule has 0 saturated carbocycles. The smallest absolute Gasteiger partial charge is 0.255 e. The van der Waals surface area contributed by atoms with Gasteiger partial charge in [-0.15, -0.1) is 0 Å². The Hall–Kier alpha value is -2.83. The number of rotatable bonds is 4. The highest BCUT2D eigenvalue weighted by atomic mass is 15.4. The summed E-state index contributed by atoms with van der Waals surface area (Å²) >= 11 is 0. The van der Waals surface area contributed by atoms with Crippen molar-refractivity contribution in [1.29, 1.82) is 0 Å². The summed E-state index contributed by atoms with van der Waals surface area (Å²) in [5.41, 5.74) is 7.83. The van der Waals surface area contributed by atoms with Gasteiger partial charge in [-0.05, 0) is 24.1 Å². The molecule has 21 heavy (non-hydrogen) atoms. The van der Waals surface area contributed by atoms with Gasteiger partial charge in [0.2, 0.25) is 5.95 Å². The Morgan fingerprint density at radius 2 is 2.10 bits per heavy atom. The van der Waals surface area contributed by atoms with Crippen LogP contribution in [0.2, 0.25) is 0 Å². The van der Waals surface area contributed by atoms with E-state index in [9.17, 15) is 0 Å². The summed E-state index contributed by atoms with van der Waals surface area (Å²) in [6.45, 7) is 2.10. The molecule has 3 aromatic heterocycles. The zero-order chi connectivity index (χ0) is 14.7. The first-order valence-corrected chi connectivity index (χ1v) is 6.69. The quantitative estimate of drug-likeness (QED) is 0.771. The Balaban J connectivity index is 1.88. The SMILES string of the molecule is CCc1ccc(Cc2nc(N)nc(-n3cccn3)n2)nc1. The summed E-state index contributed by atoms with van der Waals surface area (Å²) in [6, 6.07) is 5.83. The molecule has 0 aliphatic heterocycles. The van der Waals surface area contributed by atoms with E-state index in [1.54, 1.807) is 23.1 Å². The first-order valence-electron chi connectivity index (χ1n) is 6.69. The second kappa shape index (κ2) is 5.66. The van der Waals surface area contributed by atoms with E-state index in [2.05, 4.69) is 38.0 Å². The summed E-state index contributed by atoms with van der Waals surface area (Å²) < 4.78 is 1.55. The van der Waals surface area contributed by atoms with Gasteiger partial charge in [0.25, 0.3) is 5.95 Å². The zero-order valence-electron chi connectivity index (χ0n) is 11.6. The Bertz CT molecular complexity index is 720. The predicted molar refractivity (Wildman–Crippen MR) is 77.8 cm³/mol. The molecule has 0 radical (unpaired) electrons. The van der Waals surface area contributed by atoms with E-state index >= 15 is 0 Å². The number of pyridine rings is 1. The fourth-order valence-electron chi connectivity index (χ4n) is 1.92. The first-order chi connectivity index (χ1) is 10.2. The van der Waals surface area contributed by atoms with Crippen LogP contribution in [0.5, 0.6) is 0 Å². The molecule has 7 heteroatoms. The second-order valence-corrected chi connectivity index (χ2v) is 4.55. The Labute approximate surface area is 121 Å². The number of aryl methyl sites for hydroxylation is 1. The van der Waals surface area contributed by atoms with Crippen LogP contribution in [-0.4, -0.2) is 29.7 Å². The van der Waals surface area contributed by atoms with Crippen LogP contribution in [0.15, 0.2) is 36.8 Å². The van der Waals surface area contributed by atoms with Crippen molar-refractivity contribution < 1.29 is 0 Å². The fourth-order valence-corrected chi connectivity index (χ4v) is 1.92. The molecule has 0 aliphatic carbocycles. The third-order valence-corrected chi connectivity index (χ3v) is 3.03. The lowest BCUT2D eigenvalue weighted by Gasteiger charge is -2.05. The first kappa shape index (κ1) is 13.2. The predicted octanol–water partition coefficient (Wildman–Crippen LogP) is 1.19. The lowest BCUT2D eigenvalue weighted by atomic mass is 10.2. The zero-order valence-corrected chi connectivity index (χ0v) is 11.6. The summed E-state index contributed by atoms with van der Waals surface area (Å²) in [7, 11) is 0. The van der Waals surface area contributed by atoms with Gasteiger partial charge >= 0.3 is 0 Å². The van der Waals surface area contributed by atoms with Gasteiger partial charge in [0.15, 0.2) is 0 Å². The largest absolute Gasteiger partial charge is 0.368 e. The molecule has 3 heterocycles. The van der Waals surface area contributed by atoms with Gasteiger partial charge in [0.05, 0.1) is 6.42 Å². The molecule has 0 aliphatic rings. The maximum atomic E-state index is 5.74. The molecule has 2 N–H and O–H groups in total. The summed E-state index contributed by atoms with van der Waals surface area (Å²) in [5.74, 6) is 1.16. The van der Waals surface area contributed by atoms with Crippen LogP contribution < -0.4 is 5.73 Å². The van der Waals surface area contributed by atoms with Gasteiger partial charge in [0, 0.05) is 24.3 Å². The van der Waals surface area contributed by atoms with E-state index in [0.717, 1.165) is 12.1 Å². The van der Waals surface area contributed by atoms with Crippen LogP contribution in [0.25, 0.3) is 5.95 Å². The van der Waals surface area contributed by atoms with Crippen molar-refractivity contribution in [3.05, 3.63) is 53.9 Å². The molecule has 0 bridgehead atoms. The topological polar surface area (TPSA) is 95.4 Å². The highest BCUT2D eigenvalue weighted by Crippen LogP contribution is 2.08. The van der Waals surface area contributed by atoms with Gasteiger partial charge in [-0.2, -0.15) is 20.1 Å². The number of nitrogens with zero attached hydrogens (tertiary/aromatic N) is 6. The number of hydrogen-bond donors (Lipinski definition) is 1. The van der Waals surface area contributed by atoms with Crippen molar-refractivity contribution in [1.82, 2.24) is 29.7 Å². The van der Waals surface area contributed by atoms with Crippen molar-refractivity contribution >= 4 is 5.95 Å². The average molecular weight is 281 g/mol. The van der Waals surface area contributed by atoms with Gasteiger partial charge in [0.1, 0.15) is 5.82 Å². The standard InChI is InChI=1S/C14H15N7/c1-2-10-4-5-11(16-9-10)8-12-18-13(15)20-14(19-12)21-7-3-6-17-21/h3-7,9H,2,8H2,1H3,(H2,15,18,19,20). The van der Waals surface area contributed by atoms with Crippen molar-refractivity contribution in [2.45, 2.75) is 19.8 Å². The highest BCUT2D eigenvalue weighted by Gasteiger charge is 2.08. The minimum absolute atomic E-state index is 0.177. The Kier molecular flexibility index (Phi) is 3.55. The summed E-state index contributed by atoms with van der Waals surface area (Å²) in [4.78, 5) is 17.0. The summed E-state index contributed by atoms with van der Waals surface area (Å²) in [5, 5.41) is 4.09. The number of aromatic nitrogens is 6. The highest BCUT2D eigenvalue weighted by molar-refractivity contribution is 5.25. The molecule has 106 valence electrons. The Morgan fingerprint density at radius 1 is 1.19 bits per heavy atom. The number of nitrogens with two attached hydrogens (primary N) is 1. The van der Waals surface area contributed by atoms with Crippen LogP contribution in [0.4, 0.5) is 5.95 Å². The van der Waals surface area contributed by atoms with Crippen LogP contribution in [0, 0.1) is 0 Å². The van der Waals surface area contributed by atoms with Crippen LogP contribution in [0.1, 0.15) is 24.0 Å². The average Bonchev–Trinajstić information content (AvgIpc) is 3.02. The minimum Gasteiger partial charge on any atom is -0.368 e. The molecule has 0 amide bonds. The van der Waals surface area contributed by atoms with Crippen LogP contribution in [0.3, 0.4) is 0 Å². The lowest BCUT2D eigenvalue weighted by molar-refractivity contribution is 0.774. The number of hydrogen-bond acceptors (Lipinski definition) is 6. The fraction of sp³-hybridized carbons (Fsp3) is 0.214. The molecule has 0 atom stereocenters. The molecule has 3 aromatic rings. The second-order valence-electron chi connectivity index (χ2n) is 4.55. The van der Waals surface area contributed by atoms with E-state index in [1.807, 2.05) is 12.3 Å². The van der Waals surface area contributed by atoms with Crippen molar-refractivity contribution in [3.8, 4) is 5.95 Å². The molecule has 0 fully saturated rings.